The van der Waals surface area contributed by atoms with Crippen LogP contribution in [0.5, 0.6) is 0 Å². The summed E-state index contributed by atoms with van der Waals surface area (Å²) in [6, 6.07) is 5.65. The standard InChI is InChI=1S/C10H10ClN3S/c1-6(11)5-13-10-14-8-3-2-7(12)4-9(8)15-10/h2-4H,1,5,12H2,(H,13,14). The Balaban J connectivity index is 2.27. The minimum atomic E-state index is 0.525. The van der Waals surface area contributed by atoms with Gasteiger partial charge in [0.2, 0.25) is 0 Å². The van der Waals surface area contributed by atoms with Gasteiger partial charge in [0.1, 0.15) is 0 Å². The van der Waals surface area contributed by atoms with Gasteiger partial charge in [-0.15, -0.1) is 0 Å². The van der Waals surface area contributed by atoms with Gasteiger partial charge in [0.15, 0.2) is 5.13 Å². The lowest BCUT2D eigenvalue weighted by molar-refractivity contribution is 1.29. The number of hydrogen-bond acceptors (Lipinski definition) is 4. The smallest absolute Gasteiger partial charge is 0.184 e. The lowest BCUT2D eigenvalue weighted by atomic mass is 10.3. The summed E-state index contributed by atoms with van der Waals surface area (Å²) in [5.41, 5.74) is 7.37. The van der Waals surface area contributed by atoms with Crippen LogP contribution in [0.2, 0.25) is 0 Å². The van der Waals surface area contributed by atoms with E-state index in [9.17, 15) is 0 Å². The van der Waals surface area contributed by atoms with Crippen LogP contribution < -0.4 is 11.1 Å². The first-order chi connectivity index (χ1) is 7.15. The highest BCUT2D eigenvalue weighted by molar-refractivity contribution is 7.22. The highest BCUT2D eigenvalue weighted by Gasteiger charge is 2.03. The predicted molar refractivity (Wildman–Crippen MR) is 67.5 cm³/mol. The summed E-state index contributed by atoms with van der Waals surface area (Å²) in [6.07, 6.45) is 0. The molecule has 3 N–H and O–H groups in total. The molecule has 0 bridgehead atoms. The molecule has 1 aromatic carbocycles. The maximum atomic E-state index is 5.68. The van der Waals surface area contributed by atoms with E-state index in [0.717, 1.165) is 21.0 Å². The number of anilines is 2. The minimum absolute atomic E-state index is 0.525. The molecule has 0 amide bonds. The van der Waals surface area contributed by atoms with Crippen molar-refractivity contribution in [3.8, 4) is 0 Å². The number of nitrogen functional groups attached to an aromatic ring is 1. The topological polar surface area (TPSA) is 50.9 Å². The molecule has 0 atom stereocenters. The Kier molecular flexibility index (Phi) is 2.79. The molecule has 0 spiro atoms. The average molecular weight is 240 g/mol. The van der Waals surface area contributed by atoms with Crippen LogP contribution >= 0.6 is 22.9 Å². The molecule has 3 nitrogen and oxygen atoms in total. The van der Waals surface area contributed by atoms with Crippen LogP contribution in [0.3, 0.4) is 0 Å². The van der Waals surface area contributed by atoms with Crippen LogP contribution in [0.25, 0.3) is 10.2 Å². The van der Waals surface area contributed by atoms with Crippen LogP contribution in [0.1, 0.15) is 0 Å². The van der Waals surface area contributed by atoms with Gasteiger partial charge in [0.25, 0.3) is 0 Å². The lowest BCUT2D eigenvalue weighted by Gasteiger charge is -1.97. The molecule has 5 heteroatoms. The first kappa shape index (κ1) is 10.3. The normalized spacial score (nSPS) is 10.5. The zero-order valence-corrected chi connectivity index (χ0v) is 9.53. The Morgan fingerprint density at radius 3 is 3.13 bits per heavy atom. The van der Waals surface area contributed by atoms with E-state index in [1.807, 2.05) is 18.2 Å². The second-order valence-electron chi connectivity index (χ2n) is 3.12. The number of benzene rings is 1. The van der Waals surface area contributed by atoms with Crippen molar-refractivity contribution in [2.75, 3.05) is 17.6 Å². The molecule has 0 fully saturated rings. The van der Waals surface area contributed by atoms with Gasteiger partial charge >= 0.3 is 0 Å². The fourth-order valence-corrected chi connectivity index (χ4v) is 2.17. The minimum Gasteiger partial charge on any atom is -0.399 e. The van der Waals surface area contributed by atoms with Crippen LogP contribution in [0.15, 0.2) is 29.8 Å². The number of nitrogens with two attached hydrogens (primary N) is 1. The van der Waals surface area contributed by atoms with Crippen molar-refractivity contribution >= 4 is 44.0 Å². The summed E-state index contributed by atoms with van der Waals surface area (Å²) >= 11 is 7.20. The Morgan fingerprint density at radius 2 is 2.40 bits per heavy atom. The molecule has 0 saturated carbocycles. The summed E-state index contributed by atoms with van der Waals surface area (Å²) in [5.74, 6) is 0. The fourth-order valence-electron chi connectivity index (χ4n) is 1.19. The van der Waals surface area contributed by atoms with Crippen LogP contribution in [0.4, 0.5) is 10.8 Å². The third-order valence-electron chi connectivity index (χ3n) is 1.84. The number of halogens is 1. The molecule has 78 valence electrons. The second kappa shape index (κ2) is 4.08. The van der Waals surface area contributed by atoms with Gasteiger partial charge in [-0.3, -0.25) is 0 Å². The highest BCUT2D eigenvalue weighted by Crippen LogP contribution is 2.27. The van der Waals surface area contributed by atoms with Crippen molar-refractivity contribution in [1.29, 1.82) is 0 Å². The molecular weight excluding hydrogens is 230 g/mol. The fraction of sp³-hybridized carbons (Fsp3) is 0.100. The summed E-state index contributed by atoms with van der Waals surface area (Å²) in [5, 5.41) is 4.48. The van der Waals surface area contributed by atoms with Crippen LogP contribution in [0, 0.1) is 0 Å². The molecule has 0 unspecified atom stereocenters. The molecule has 0 radical (unpaired) electrons. The van der Waals surface area contributed by atoms with Crippen molar-refractivity contribution in [3.05, 3.63) is 29.8 Å². The third kappa shape index (κ3) is 2.40. The van der Waals surface area contributed by atoms with Crippen molar-refractivity contribution in [2.45, 2.75) is 0 Å². The monoisotopic (exact) mass is 239 g/mol. The zero-order valence-electron chi connectivity index (χ0n) is 7.96. The maximum absolute atomic E-state index is 5.68. The number of rotatable bonds is 3. The van der Waals surface area contributed by atoms with E-state index in [2.05, 4.69) is 16.9 Å². The van der Waals surface area contributed by atoms with Gasteiger partial charge < -0.3 is 11.1 Å². The number of fused-ring (bicyclic) bond motifs is 1. The van der Waals surface area contributed by atoms with E-state index in [0.29, 0.717) is 11.6 Å². The first-order valence-corrected chi connectivity index (χ1v) is 5.58. The molecule has 0 aliphatic carbocycles. The Labute approximate surface area is 96.6 Å². The number of nitrogens with one attached hydrogen (secondary N) is 1. The van der Waals surface area contributed by atoms with E-state index in [1.165, 1.54) is 0 Å². The molecule has 0 aliphatic heterocycles. The van der Waals surface area contributed by atoms with Gasteiger partial charge in [-0.2, -0.15) is 0 Å². The van der Waals surface area contributed by atoms with E-state index < -0.39 is 0 Å². The van der Waals surface area contributed by atoms with Gasteiger partial charge in [-0.25, -0.2) is 4.98 Å². The summed E-state index contributed by atoms with van der Waals surface area (Å²) in [6.45, 7) is 4.12. The van der Waals surface area contributed by atoms with Crippen molar-refractivity contribution in [2.24, 2.45) is 0 Å². The maximum Gasteiger partial charge on any atom is 0.184 e. The summed E-state index contributed by atoms with van der Waals surface area (Å²) in [7, 11) is 0. The van der Waals surface area contributed by atoms with Gasteiger partial charge in [-0.1, -0.05) is 29.5 Å². The Morgan fingerprint density at radius 1 is 1.60 bits per heavy atom. The molecule has 2 aromatic rings. The number of hydrogen-bond donors (Lipinski definition) is 2. The molecule has 1 heterocycles. The molecule has 0 aliphatic rings. The Hall–Kier alpha value is -1.26. The summed E-state index contributed by atoms with van der Waals surface area (Å²) in [4.78, 5) is 4.38. The predicted octanol–water partition coefficient (Wildman–Crippen LogP) is 3.04. The van der Waals surface area contributed by atoms with E-state index in [1.54, 1.807) is 11.3 Å². The van der Waals surface area contributed by atoms with Crippen molar-refractivity contribution in [3.63, 3.8) is 0 Å². The quantitative estimate of drug-likeness (QED) is 0.810. The second-order valence-corrected chi connectivity index (χ2v) is 4.68. The molecule has 1 aromatic heterocycles. The van der Waals surface area contributed by atoms with Crippen molar-refractivity contribution in [1.82, 2.24) is 4.98 Å². The van der Waals surface area contributed by atoms with Crippen molar-refractivity contribution < 1.29 is 0 Å². The third-order valence-corrected chi connectivity index (χ3v) is 2.95. The zero-order chi connectivity index (χ0) is 10.8. The highest BCUT2D eigenvalue weighted by atomic mass is 35.5. The van der Waals surface area contributed by atoms with Gasteiger partial charge in [0, 0.05) is 10.7 Å². The molecule has 0 saturated heterocycles. The molecule has 2 rings (SSSR count). The molecule has 15 heavy (non-hydrogen) atoms. The summed E-state index contributed by atoms with van der Waals surface area (Å²) < 4.78 is 1.07. The average Bonchev–Trinajstić information content (AvgIpc) is 2.56. The van der Waals surface area contributed by atoms with Gasteiger partial charge in [-0.05, 0) is 18.2 Å². The SMILES string of the molecule is C=C(Cl)CNc1nc2ccc(N)cc2s1. The lowest BCUT2D eigenvalue weighted by Crippen LogP contribution is -1.99. The number of aromatic nitrogens is 1. The molecular formula is C10H10ClN3S. The first-order valence-electron chi connectivity index (χ1n) is 4.38. The number of nitrogens with zero attached hydrogens (tertiary/aromatic N) is 1. The Bertz CT molecular complexity index is 506. The van der Waals surface area contributed by atoms with E-state index >= 15 is 0 Å². The van der Waals surface area contributed by atoms with E-state index in [4.69, 9.17) is 17.3 Å². The van der Waals surface area contributed by atoms with Gasteiger partial charge in [0.05, 0.1) is 16.8 Å². The van der Waals surface area contributed by atoms with Crippen LogP contribution in [-0.4, -0.2) is 11.5 Å². The van der Waals surface area contributed by atoms with E-state index in [-0.39, 0.29) is 0 Å². The van der Waals surface area contributed by atoms with Crippen LogP contribution in [-0.2, 0) is 0 Å². The largest absolute Gasteiger partial charge is 0.399 e. The number of thiazole rings is 1.